The maximum Gasteiger partial charge on any atom is 0.298 e. The first-order valence-electron chi connectivity index (χ1n) is 11.8. The molecular weight excluding hydrogens is 458 g/mol. The Morgan fingerprint density at radius 1 is 0.861 bits per heavy atom. The molecule has 6 heteroatoms. The number of aliphatic hydroxyl groups is 1. The third-order valence-corrected chi connectivity index (χ3v) is 6.23. The zero-order chi connectivity index (χ0) is 25.9. The first-order chi connectivity index (χ1) is 17.1. The van der Waals surface area contributed by atoms with Crippen molar-refractivity contribution in [1.82, 2.24) is 9.97 Å². The molecule has 1 heterocycles. The van der Waals surface area contributed by atoms with Gasteiger partial charge in [-0.25, -0.2) is 0 Å². The number of Topliss-reactive ketones (excluding diaryl/α,β-unsaturated/α-hetero) is 1. The van der Waals surface area contributed by atoms with Gasteiger partial charge in [0.05, 0.1) is 11.4 Å². The molecule has 4 nitrogen and oxygen atoms in total. The van der Waals surface area contributed by atoms with Crippen molar-refractivity contribution in [2.75, 3.05) is 0 Å². The minimum Gasteiger partial charge on any atom is -0.387 e. The van der Waals surface area contributed by atoms with Gasteiger partial charge in [-0.1, -0.05) is 72.3 Å². The molecule has 0 aliphatic carbocycles. The average molecular weight is 487 g/mol. The Hall–Kier alpha value is -3.77. The molecule has 0 saturated heterocycles. The second kappa shape index (κ2) is 10.5. The average Bonchev–Trinajstić information content (AvgIpc) is 2.85. The molecule has 1 atom stereocenters. The van der Waals surface area contributed by atoms with Crippen molar-refractivity contribution in [1.29, 1.82) is 0 Å². The number of ketones is 1. The van der Waals surface area contributed by atoms with E-state index < -0.39 is 12.0 Å². The van der Waals surface area contributed by atoms with Gasteiger partial charge in [-0.15, -0.1) is 0 Å². The van der Waals surface area contributed by atoms with E-state index in [1.807, 2.05) is 24.3 Å². The monoisotopic (exact) mass is 486 g/mol. The number of aliphatic hydroxyl groups excluding tert-OH is 1. The summed E-state index contributed by atoms with van der Waals surface area (Å²) in [6.07, 6.45) is 1.94. The van der Waals surface area contributed by atoms with Crippen LogP contribution >= 0.6 is 0 Å². The quantitative estimate of drug-likeness (QED) is 0.320. The molecule has 1 unspecified atom stereocenters. The van der Waals surface area contributed by atoms with Crippen LogP contribution in [-0.2, 0) is 23.6 Å². The summed E-state index contributed by atoms with van der Waals surface area (Å²) >= 11 is 0. The highest BCUT2D eigenvalue weighted by atomic mass is 19.3. The standard InChI is InChI=1S/C30H28F2N2O2/c1-19-4-13-27(20(2)16-19)29-28(33-14-15-34-29)24-9-5-22(6-10-24)17-26(36)18-23-7-11-25(12-8-23)30(31,32)21(3)35/h4-16,21,35H,17-18H2,1-3H3. The SMILES string of the molecule is Cc1ccc(-c2nccnc2-c2ccc(CC(=O)Cc3ccc(C(F)(F)C(C)O)cc3)cc2)c(C)c1. The van der Waals surface area contributed by atoms with E-state index in [0.717, 1.165) is 40.6 Å². The number of halogens is 2. The number of rotatable bonds is 8. The Morgan fingerprint density at radius 3 is 1.97 bits per heavy atom. The van der Waals surface area contributed by atoms with Crippen LogP contribution < -0.4 is 0 Å². The molecule has 0 radical (unpaired) electrons. The summed E-state index contributed by atoms with van der Waals surface area (Å²) in [6, 6.07) is 19.5. The van der Waals surface area contributed by atoms with E-state index in [9.17, 15) is 18.7 Å². The fraction of sp³-hybridized carbons (Fsp3) is 0.233. The fourth-order valence-corrected chi connectivity index (χ4v) is 4.21. The molecule has 184 valence electrons. The molecule has 0 bridgehead atoms. The van der Waals surface area contributed by atoms with Gasteiger partial charge < -0.3 is 5.11 Å². The summed E-state index contributed by atoms with van der Waals surface area (Å²) in [5, 5.41) is 9.29. The van der Waals surface area contributed by atoms with E-state index in [1.165, 1.54) is 29.8 Å². The molecule has 4 rings (SSSR count). The lowest BCUT2D eigenvalue weighted by molar-refractivity contribution is -0.117. The lowest BCUT2D eigenvalue weighted by Gasteiger charge is -2.19. The smallest absolute Gasteiger partial charge is 0.298 e. The van der Waals surface area contributed by atoms with Crippen LogP contribution in [0.5, 0.6) is 0 Å². The minimum absolute atomic E-state index is 0.0201. The van der Waals surface area contributed by atoms with Gasteiger partial charge in [0.25, 0.3) is 5.92 Å². The van der Waals surface area contributed by atoms with Crippen molar-refractivity contribution in [3.8, 4) is 22.5 Å². The van der Waals surface area contributed by atoms with Gasteiger partial charge in [-0.05, 0) is 37.5 Å². The van der Waals surface area contributed by atoms with Gasteiger partial charge in [0.1, 0.15) is 11.9 Å². The molecule has 0 saturated carbocycles. The number of nitrogens with zero attached hydrogens (tertiary/aromatic N) is 2. The summed E-state index contributed by atoms with van der Waals surface area (Å²) in [7, 11) is 0. The van der Waals surface area contributed by atoms with Crippen LogP contribution in [0.25, 0.3) is 22.5 Å². The Balaban J connectivity index is 1.46. The number of carbonyl (C=O) groups is 1. The third-order valence-electron chi connectivity index (χ3n) is 6.23. The molecule has 4 aromatic rings. The van der Waals surface area contributed by atoms with Crippen molar-refractivity contribution in [3.05, 3.63) is 107 Å². The number of alkyl halides is 2. The van der Waals surface area contributed by atoms with E-state index in [2.05, 4.69) is 42.0 Å². The van der Waals surface area contributed by atoms with Crippen LogP contribution in [0, 0.1) is 13.8 Å². The van der Waals surface area contributed by atoms with E-state index in [0.29, 0.717) is 5.56 Å². The number of hydrogen-bond donors (Lipinski definition) is 1. The molecule has 3 aromatic carbocycles. The number of benzene rings is 3. The maximum absolute atomic E-state index is 13.9. The summed E-state index contributed by atoms with van der Waals surface area (Å²) in [6.45, 7) is 5.17. The molecule has 36 heavy (non-hydrogen) atoms. The third kappa shape index (κ3) is 5.55. The van der Waals surface area contributed by atoms with E-state index in [-0.39, 0.29) is 24.2 Å². The van der Waals surface area contributed by atoms with Crippen molar-refractivity contribution in [3.63, 3.8) is 0 Å². The van der Waals surface area contributed by atoms with Crippen molar-refractivity contribution < 1.29 is 18.7 Å². The molecular formula is C30H28F2N2O2. The first kappa shape index (κ1) is 25.3. The maximum atomic E-state index is 13.9. The zero-order valence-corrected chi connectivity index (χ0v) is 20.5. The predicted octanol–water partition coefficient (Wildman–Crippen LogP) is 6.25. The van der Waals surface area contributed by atoms with E-state index in [4.69, 9.17) is 0 Å². The van der Waals surface area contributed by atoms with Crippen LogP contribution in [0.3, 0.4) is 0 Å². The molecule has 0 fully saturated rings. The topological polar surface area (TPSA) is 63.1 Å². The van der Waals surface area contributed by atoms with Crippen LogP contribution in [0.2, 0.25) is 0 Å². The summed E-state index contributed by atoms with van der Waals surface area (Å²) in [5.74, 6) is -3.35. The first-order valence-corrected chi connectivity index (χ1v) is 11.8. The van der Waals surface area contributed by atoms with Crippen LogP contribution in [0.4, 0.5) is 8.78 Å². The van der Waals surface area contributed by atoms with Crippen LogP contribution in [0.1, 0.15) is 34.7 Å². The van der Waals surface area contributed by atoms with Gasteiger partial charge in [0, 0.05) is 41.9 Å². The highest BCUT2D eigenvalue weighted by Crippen LogP contribution is 2.32. The number of hydrogen-bond acceptors (Lipinski definition) is 4. The Bertz CT molecular complexity index is 1360. The minimum atomic E-state index is -3.33. The molecule has 0 aliphatic heterocycles. The molecule has 1 N–H and O–H groups in total. The Labute approximate surface area is 209 Å². The Morgan fingerprint density at radius 2 is 1.42 bits per heavy atom. The Kier molecular flexibility index (Phi) is 7.36. The number of aryl methyl sites for hydroxylation is 2. The molecule has 1 aromatic heterocycles. The molecule has 0 aliphatic rings. The van der Waals surface area contributed by atoms with Gasteiger partial charge in [0.2, 0.25) is 0 Å². The molecule has 0 spiro atoms. The van der Waals surface area contributed by atoms with E-state index >= 15 is 0 Å². The lowest BCUT2D eigenvalue weighted by atomic mass is 9.97. The highest BCUT2D eigenvalue weighted by Gasteiger charge is 2.37. The molecule has 0 amide bonds. The summed E-state index contributed by atoms with van der Waals surface area (Å²) in [4.78, 5) is 21.8. The predicted molar refractivity (Wildman–Crippen MR) is 137 cm³/mol. The van der Waals surface area contributed by atoms with Gasteiger partial charge in [-0.2, -0.15) is 8.78 Å². The van der Waals surface area contributed by atoms with Crippen molar-refractivity contribution >= 4 is 5.78 Å². The second-order valence-electron chi connectivity index (χ2n) is 9.16. The number of aromatic nitrogens is 2. The van der Waals surface area contributed by atoms with Crippen molar-refractivity contribution in [2.45, 2.75) is 45.6 Å². The lowest BCUT2D eigenvalue weighted by Crippen LogP contribution is -2.27. The highest BCUT2D eigenvalue weighted by molar-refractivity contribution is 5.84. The number of carbonyl (C=O) groups excluding carboxylic acids is 1. The normalized spacial score (nSPS) is 12.4. The van der Waals surface area contributed by atoms with Crippen molar-refractivity contribution in [2.24, 2.45) is 0 Å². The largest absolute Gasteiger partial charge is 0.387 e. The van der Waals surface area contributed by atoms with Gasteiger partial charge >= 0.3 is 0 Å². The summed E-state index contributed by atoms with van der Waals surface area (Å²) in [5.41, 5.74) is 7.07. The zero-order valence-electron chi connectivity index (χ0n) is 20.5. The van der Waals surface area contributed by atoms with Crippen LogP contribution in [-0.4, -0.2) is 27.0 Å². The fourth-order valence-electron chi connectivity index (χ4n) is 4.21. The van der Waals surface area contributed by atoms with Gasteiger partial charge in [-0.3, -0.25) is 14.8 Å². The van der Waals surface area contributed by atoms with Crippen LogP contribution in [0.15, 0.2) is 79.1 Å². The summed E-state index contributed by atoms with van der Waals surface area (Å²) < 4.78 is 27.9. The van der Waals surface area contributed by atoms with E-state index in [1.54, 1.807) is 12.4 Å². The van der Waals surface area contributed by atoms with Gasteiger partial charge in [0.15, 0.2) is 0 Å². The second-order valence-corrected chi connectivity index (χ2v) is 9.16.